The number of hydrogen-bond acceptors (Lipinski definition) is 2. The van der Waals surface area contributed by atoms with E-state index in [9.17, 15) is 4.79 Å². The number of halogens is 2. The SMILES string of the molecule is CC(C)N1CC2(CCN(C(=O)Nc3ccccc3Cl)CC2)C1c1ccc(Cl)cc1. The van der Waals surface area contributed by atoms with Crippen LogP contribution < -0.4 is 5.32 Å². The third kappa shape index (κ3) is 3.98. The van der Waals surface area contributed by atoms with Crippen molar-refractivity contribution in [1.29, 1.82) is 0 Å². The van der Waals surface area contributed by atoms with Crippen LogP contribution in [-0.4, -0.2) is 41.5 Å². The van der Waals surface area contributed by atoms with Gasteiger partial charge < -0.3 is 10.2 Å². The summed E-state index contributed by atoms with van der Waals surface area (Å²) in [5.74, 6) is 0. The van der Waals surface area contributed by atoms with E-state index < -0.39 is 0 Å². The highest BCUT2D eigenvalue weighted by atomic mass is 35.5. The Morgan fingerprint density at radius 1 is 1.07 bits per heavy atom. The smallest absolute Gasteiger partial charge is 0.321 e. The summed E-state index contributed by atoms with van der Waals surface area (Å²) in [6, 6.07) is 16.4. The summed E-state index contributed by atoms with van der Waals surface area (Å²) in [7, 11) is 0. The normalized spacial score (nSPS) is 21.3. The highest BCUT2D eigenvalue weighted by Crippen LogP contribution is 2.55. The molecule has 1 N–H and O–H groups in total. The van der Waals surface area contributed by atoms with E-state index in [0.717, 1.165) is 37.5 Å². The van der Waals surface area contributed by atoms with Gasteiger partial charge in [-0.05, 0) is 56.5 Å². The van der Waals surface area contributed by atoms with Crippen molar-refractivity contribution in [3.63, 3.8) is 0 Å². The molecule has 0 radical (unpaired) electrons. The predicted molar refractivity (Wildman–Crippen MR) is 120 cm³/mol. The van der Waals surface area contributed by atoms with Gasteiger partial charge in [-0.3, -0.25) is 4.90 Å². The molecule has 6 heteroatoms. The Morgan fingerprint density at radius 2 is 1.72 bits per heavy atom. The maximum absolute atomic E-state index is 12.7. The molecule has 2 fully saturated rings. The van der Waals surface area contributed by atoms with Gasteiger partial charge in [0.2, 0.25) is 0 Å². The highest BCUT2D eigenvalue weighted by molar-refractivity contribution is 6.33. The standard InChI is InChI=1S/C23H27Cl2N3O/c1-16(2)28-15-23(21(28)17-7-9-18(24)10-8-17)11-13-27(14-12-23)22(29)26-20-6-4-3-5-19(20)25/h3-10,16,21H,11-15H2,1-2H3,(H,26,29). The first-order valence-corrected chi connectivity index (χ1v) is 11.0. The van der Waals surface area contributed by atoms with Crippen LogP contribution in [0.2, 0.25) is 10.0 Å². The van der Waals surface area contributed by atoms with Gasteiger partial charge in [0.15, 0.2) is 0 Å². The summed E-state index contributed by atoms with van der Waals surface area (Å²) >= 11 is 12.3. The van der Waals surface area contributed by atoms with Crippen LogP contribution >= 0.6 is 23.2 Å². The van der Waals surface area contributed by atoms with E-state index in [4.69, 9.17) is 23.2 Å². The van der Waals surface area contributed by atoms with Crippen LogP contribution in [0, 0.1) is 5.41 Å². The number of likely N-dealkylation sites (tertiary alicyclic amines) is 2. The number of anilines is 1. The molecule has 4 nitrogen and oxygen atoms in total. The maximum Gasteiger partial charge on any atom is 0.321 e. The molecule has 2 saturated heterocycles. The van der Waals surface area contributed by atoms with Crippen molar-refractivity contribution >= 4 is 34.9 Å². The first-order valence-electron chi connectivity index (χ1n) is 10.2. The summed E-state index contributed by atoms with van der Waals surface area (Å²) < 4.78 is 0. The van der Waals surface area contributed by atoms with Crippen molar-refractivity contribution < 1.29 is 4.79 Å². The average Bonchev–Trinajstić information content (AvgIpc) is 2.70. The second-order valence-electron chi connectivity index (χ2n) is 8.48. The largest absolute Gasteiger partial charge is 0.324 e. The summed E-state index contributed by atoms with van der Waals surface area (Å²) in [6.45, 7) is 7.10. The average molecular weight is 432 g/mol. The number of urea groups is 1. The number of rotatable bonds is 3. The van der Waals surface area contributed by atoms with Crippen molar-refractivity contribution in [2.24, 2.45) is 5.41 Å². The molecule has 154 valence electrons. The molecule has 0 aliphatic carbocycles. The molecule has 1 atom stereocenters. The Labute approximate surface area is 182 Å². The van der Waals surface area contributed by atoms with Crippen LogP contribution in [0.15, 0.2) is 48.5 Å². The minimum atomic E-state index is -0.0731. The van der Waals surface area contributed by atoms with E-state index >= 15 is 0 Å². The molecular weight excluding hydrogens is 405 g/mol. The Hall–Kier alpha value is -1.75. The molecule has 0 bridgehead atoms. The maximum atomic E-state index is 12.7. The fourth-order valence-electron chi connectivity index (χ4n) is 4.80. The zero-order chi connectivity index (χ0) is 20.6. The summed E-state index contributed by atoms with van der Waals surface area (Å²) in [6.07, 6.45) is 2.00. The number of piperidine rings is 1. The molecule has 2 heterocycles. The second kappa shape index (κ2) is 8.17. The Morgan fingerprint density at radius 3 is 2.34 bits per heavy atom. The van der Waals surface area contributed by atoms with Crippen LogP contribution in [0.5, 0.6) is 0 Å². The zero-order valence-electron chi connectivity index (χ0n) is 16.9. The van der Waals surface area contributed by atoms with E-state index in [2.05, 4.69) is 36.2 Å². The van der Waals surface area contributed by atoms with Gasteiger partial charge in [-0.2, -0.15) is 0 Å². The molecular formula is C23H27Cl2N3O. The molecule has 2 aliphatic rings. The van der Waals surface area contributed by atoms with E-state index in [1.165, 1.54) is 5.56 Å². The van der Waals surface area contributed by atoms with E-state index in [1.54, 1.807) is 6.07 Å². The van der Waals surface area contributed by atoms with Crippen molar-refractivity contribution in [1.82, 2.24) is 9.80 Å². The third-order valence-electron chi connectivity index (χ3n) is 6.42. The van der Waals surface area contributed by atoms with Crippen molar-refractivity contribution in [2.75, 3.05) is 25.0 Å². The van der Waals surface area contributed by atoms with E-state index in [1.807, 2.05) is 35.2 Å². The van der Waals surface area contributed by atoms with Crippen LogP contribution in [0.1, 0.15) is 38.3 Å². The summed E-state index contributed by atoms with van der Waals surface area (Å²) in [5, 5.41) is 4.28. The van der Waals surface area contributed by atoms with Crippen LogP contribution in [-0.2, 0) is 0 Å². The molecule has 2 aromatic carbocycles. The number of nitrogens with one attached hydrogen (secondary N) is 1. The number of hydrogen-bond donors (Lipinski definition) is 1. The van der Waals surface area contributed by atoms with Gasteiger partial charge in [-0.25, -0.2) is 4.79 Å². The molecule has 29 heavy (non-hydrogen) atoms. The first-order chi connectivity index (χ1) is 13.9. The second-order valence-corrected chi connectivity index (χ2v) is 9.32. The number of benzene rings is 2. The van der Waals surface area contributed by atoms with Crippen LogP contribution in [0.3, 0.4) is 0 Å². The van der Waals surface area contributed by atoms with Crippen molar-refractivity contribution in [2.45, 2.75) is 38.8 Å². The number of carbonyl (C=O) groups is 1. The molecule has 0 aromatic heterocycles. The highest BCUT2D eigenvalue weighted by Gasteiger charge is 2.54. The van der Waals surface area contributed by atoms with Gasteiger partial charge in [-0.1, -0.05) is 47.5 Å². The monoisotopic (exact) mass is 431 g/mol. The zero-order valence-corrected chi connectivity index (χ0v) is 18.4. The fourth-order valence-corrected chi connectivity index (χ4v) is 5.10. The lowest BCUT2D eigenvalue weighted by Gasteiger charge is -2.62. The Kier molecular flexibility index (Phi) is 5.78. The van der Waals surface area contributed by atoms with Gasteiger partial charge in [-0.15, -0.1) is 0 Å². The predicted octanol–water partition coefficient (Wildman–Crippen LogP) is 6.07. The van der Waals surface area contributed by atoms with Gasteiger partial charge in [0.25, 0.3) is 0 Å². The lowest BCUT2D eigenvalue weighted by Crippen LogP contribution is -2.64. The fraction of sp³-hybridized carbons (Fsp3) is 0.435. The number of amides is 2. The minimum absolute atomic E-state index is 0.0731. The number of para-hydroxylation sites is 1. The van der Waals surface area contributed by atoms with Crippen LogP contribution in [0.4, 0.5) is 10.5 Å². The summed E-state index contributed by atoms with van der Waals surface area (Å²) in [5.41, 5.74) is 2.20. The van der Waals surface area contributed by atoms with Gasteiger partial charge in [0.05, 0.1) is 10.7 Å². The van der Waals surface area contributed by atoms with Crippen molar-refractivity contribution in [3.8, 4) is 0 Å². The third-order valence-corrected chi connectivity index (χ3v) is 7.00. The van der Waals surface area contributed by atoms with Crippen molar-refractivity contribution in [3.05, 3.63) is 64.1 Å². The molecule has 2 aliphatic heterocycles. The summed E-state index contributed by atoms with van der Waals surface area (Å²) in [4.78, 5) is 17.2. The Balaban J connectivity index is 1.45. The molecule has 4 rings (SSSR count). The molecule has 1 unspecified atom stereocenters. The van der Waals surface area contributed by atoms with Gasteiger partial charge >= 0.3 is 6.03 Å². The van der Waals surface area contributed by atoms with Gasteiger partial charge in [0.1, 0.15) is 0 Å². The first kappa shape index (κ1) is 20.5. The Bertz CT molecular complexity index is 876. The van der Waals surface area contributed by atoms with Crippen LogP contribution in [0.25, 0.3) is 0 Å². The van der Waals surface area contributed by atoms with Gasteiger partial charge in [0, 0.05) is 42.2 Å². The topological polar surface area (TPSA) is 35.6 Å². The quantitative estimate of drug-likeness (QED) is 0.639. The van der Waals surface area contributed by atoms with E-state index in [0.29, 0.717) is 22.8 Å². The molecule has 2 amide bonds. The lowest BCUT2D eigenvalue weighted by molar-refractivity contribution is -0.123. The molecule has 0 saturated carbocycles. The number of nitrogens with zero attached hydrogens (tertiary/aromatic N) is 2. The minimum Gasteiger partial charge on any atom is -0.324 e. The van der Waals surface area contributed by atoms with E-state index in [-0.39, 0.29) is 11.4 Å². The lowest BCUT2D eigenvalue weighted by atomic mass is 9.62. The molecule has 1 spiro atoms. The number of carbonyl (C=O) groups excluding carboxylic acids is 1. The molecule has 2 aromatic rings.